The number of piperazine rings is 1. The predicted octanol–water partition coefficient (Wildman–Crippen LogP) is 2.40. The van der Waals surface area contributed by atoms with Crippen molar-refractivity contribution in [2.45, 2.75) is 32.1 Å². The van der Waals surface area contributed by atoms with Crippen molar-refractivity contribution in [3.05, 3.63) is 23.9 Å². The molecule has 2 rings (SSSR count). The molecule has 23 heavy (non-hydrogen) atoms. The molecule has 4 nitrogen and oxygen atoms in total. The lowest BCUT2D eigenvalue weighted by molar-refractivity contribution is -0.00431. The molecule has 1 aliphatic rings. The lowest BCUT2D eigenvalue weighted by Crippen LogP contribution is -2.46. The summed E-state index contributed by atoms with van der Waals surface area (Å²) in [5, 5.41) is 2.53. The van der Waals surface area contributed by atoms with Crippen molar-refractivity contribution in [3.63, 3.8) is 0 Å². The Morgan fingerprint density at radius 3 is 2.52 bits per heavy atom. The van der Waals surface area contributed by atoms with E-state index in [1.165, 1.54) is 6.42 Å². The molecule has 2 heterocycles. The maximum atomic E-state index is 13.5. The summed E-state index contributed by atoms with van der Waals surface area (Å²) in [5.74, 6) is -1.71. The second kappa shape index (κ2) is 8.55. The van der Waals surface area contributed by atoms with Crippen LogP contribution in [0.4, 0.5) is 14.6 Å². The first-order chi connectivity index (χ1) is 11.0. The van der Waals surface area contributed by atoms with Crippen LogP contribution in [-0.4, -0.2) is 62.1 Å². The third-order valence-corrected chi connectivity index (χ3v) is 4.26. The molecule has 6 heteroatoms. The van der Waals surface area contributed by atoms with Crippen molar-refractivity contribution in [1.82, 2.24) is 15.2 Å². The SMILES string of the molecule is CCCN1CCN(c2ccc(CCC(F)(F)CNC)cn2)CC1. The van der Waals surface area contributed by atoms with Crippen LogP contribution in [0.3, 0.4) is 0 Å². The van der Waals surface area contributed by atoms with Crippen LogP contribution in [0.2, 0.25) is 0 Å². The number of aromatic nitrogens is 1. The minimum Gasteiger partial charge on any atom is -0.354 e. The van der Waals surface area contributed by atoms with Gasteiger partial charge in [-0.2, -0.15) is 0 Å². The van der Waals surface area contributed by atoms with Crippen LogP contribution in [0.15, 0.2) is 18.3 Å². The Hall–Kier alpha value is -1.27. The van der Waals surface area contributed by atoms with Gasteiger partial charge in [0.25, 0.3) is 5.92 Å². The first kappa shape index (κ1) is 18.1. The average molecular weight is 326 g/mol. The van der Waals surface area contributed by atoms with Crippen molar-refractivity contribution in [2.75, 3.05) is 51.2 Å². The Kier molecular flexibility index (Phi) is 6.72. The first-order valence-corrected chi connectivity index (χ1v) is 8.49. The lowest BCUT2D eigenvalue weighted by atomic mass is 10.1. The zero-order valence-electron chi connectivity index (χ0n) is 14.2. The third kappa shape index (κ3) is 5.70. The van der Waals surface area contributed by atoms with Crippen LogP contribution < -0.4 is 10.2 Å². The Labute approximate surface area is 137 Å². The average Bonchev–Trinajstić information content (AvgIpc) is 2.55. The van der Waals surface area contributed by atoms with Crippen LogP contribution in [0.1, 0.15) is 25.3 Å². The molecular formula is C17H28F2N4. The van der Waals surface area contributed by atoms with Crippen molar-refractivity contribution in [2.24, 2.45) is 0 Å². The number of rotatable bonds is 8. The molecule has 1 aromatic rings. The zero-order valence-corrected chi connectivity index (χ0v) is 14.2. The van der Waals surface area contributed by atoms with E-state index in [9.17, 15) is 8.78 Å². The molecule has 0 aromatic carbocycles. The maximum Gasteiger partial charge on any atom is 0.260 e. The Balaban J connectivity index is 1.83. The van der Waals surface area contributed by atoms with Crippen LogP contribution in [-0.2, 0) is 6.42 Å². The summed E-state index contributed by atoms with van der Waals surface area (Å²) < 4.78 is 27.0. The highest BCUT2D eigenvalue weighted by molar-refractivity contribution is 5.40. The number of pyridine rings is 1. The molecule has 0 unspecified atom stereocenters. The fraction of sp³-hybridized carbons (Fsp3) is 0.706. The van der Waals surface area contributed by atoms with Crippen LogP contribution in [0.25, 0.3) is 0 Å². The zero-order chi connectivity index (χ0) is 16.7. The smallest absolute Gasteiger partial charge is 0.260 e. The van der Waals surface area contributed by atoms with E-state index in [0.29, 0.717) is 6.42 Å². The fourth-order valence-electron chi connectivity index (χ4n) is 2.94. The van der Waals surface area contributed by atoms with Crippen molar-refractivity contribution in [1.29, 1.82) is 0 Å². The lowest BCUT2D eigenvalue weighted by Gasteiger charge is -2.35. The van der Waals surface area contributed by atoms with E-state index >= 15 is 0 Å². The molecule has 0 radical (unpaired) electrons. The molecule has 0 aliphatic carbocycles. The van der Waals surface area contributed by atoms with Gasteiger partial charge in [0.05, 0.1) is 6.54 Å². The summed E-state index contributed by atoms with van der Waals surface area (Å²) in [5.41, 5.74) is 0.870. The van der Waals surface area contributed by atoms with Gasteiger partial charge in [-0.25, -0.2) is 13.8 Å². The number of alkyl halides is 2. The van der Waals surface area contributed by atoms with Crippen LogP contribution in [0.5, 0.6) is 0 Å². The van der Waals surface area contributed by atoms with Crippen molar-refractivity contribution >= 4 is 5.82 Å². The van der Waals surface area contributed by atoms with Gasteiger partial charge in [-0.15, -0.1) is 0 Å². The normalized spacial score (nSPS) is 16.8. The summed E-state index contributed by atoms with van der Waals surface area (Å²) in [6, 6.07) is 3.89. The number of halogens is 2. The van der Waals surface area contributed by atoms with E-state index < -0.39 is 5.92 Å². The molecule has 1 aliphatic heterocycles. The molecule has 0 saturated carbocycles. The van der Waals surface area contributed by atoms with Gasteiger partial charge in [0, 0.05) is 38.8 Å². The molecule has 0 bridgehead atoms. The first-order valence-electron chi connectivity index (χ1n) is 8.49. The highest BCUT2D eigenvalue weighted by Crippen LogP contribution is 2.21. The van der Waals surface area contributed by atoms with Gasteiger partial charge >= 0.3 is 0 Å². The van der Waals surface area contributed by atoms with E-state index in [2.05, 4.69) is 27.0 Å². The van der Waals surface area contributed by atoms with Gasteiger partial charge in [0.2, 0.25) is 0 Å². The molecule has 1 fully saturated rings. The van der Waals surface area contributed by atoms with Gasteiger partial charge in [-0.05, 0) is 38.1 Å². The number of aryl methyl sites for hydroxylation is 1. The molecule has 1 saturated heterocycles. The van der Waals surface area contributed by atoms with Gasteiger partial charge in [0.1, 0.15) is 5.82 Å². The molecule has 1 N–H and O–H groups in total. The number of nitrogens with zero attached hydrogens (tertiary/aromatic N) is 3. The van der Waals surface area contributed by atoms with E-state index in [1.54, 1.807) is 13.2 Å². The molecule has 0 amide bonds. The van der Waals surface area contributed by atoms with Gasteiger partial charge in [-0.3, -0.25) is 4.90 Å². The summed E-state index contributed by atoms with van der Waals surface area (Å²) in [4.78, 5) is 9.20. The van der Waals surface area contributed by atoms with Gasteiger partial charge < -0.3 is 10.2 Å². The Morgan fingerprint density at radius 1 is 1.22 bits per heavy atom. The van der Waals surface area contributed by atoms with Crippen LogP contribution >= 0.6 is 0 Å². The Morgan fingerprint density at radius 2 is 1.96 bits per heavy atom. The van der Waals surface area contributed by atoms with Gasteiger partial charge in [0.15, 0.2) is 0 Å². The number of hydrogen-bond donors (Lipinski definition) is 1. The van der Waals surface area contributed by atoms with Crippen molar-refractivity contribution in [3.8, 4) is 0 Å². The minimum atomic E-state index is -2.66. The molecule has 130 valence electrons. The van der Waals surface area contributed by atoms with E-state index in [0.717, 1.165) is 44.1 Å². The molecule has 0 atom stereocenters. The van der Waals surface area contributed by atoms with Gasteiger partial charge in [-0.1, -0.05) is 13.0 Å². The standard InChI is InChI=1S/C17H28F2N4/c1-3-8-22-9-11-23(12-10-22)16-5-4-15(13-21-16)6-7-17(18,19)14-20-2/h4-5,13,20H,3,6-12,14H2,1-2H3. The summed E-state index contributed by atoms with van der Waals surface area (Å²) in [6.45, 7) is 7.16. The Bertz CT molecular complexity index is 456. The topological polar surface area (TPSA) is 31.4 Å². The quantitative estimate of drug-likeness (QED) is 0.795. The fourth-order valence-corrected chi connectivity index (χ4v) is 2.94. The highest BCUT2D eigenvalue weighted by Gasteiger charge is 2.27. The monoisotopic (exact) mass is 326 g/mol. The second-order valence-corrected chi connectivity index (χ2v) is 6.24. The number of hydrogen-bond acceptors (Lipinski definition) is 4. The van der Waals surface area contributed by atoms with E-state index in [4.69, 9.17) is 0 Å². The molecular weight excluding hydrogens is 298 g/mol. The predicted molar refractivity (Wildman–Crippen MR) is 90.4 cm³/mol. The maximum absolute atomic E-state index is 13.5. The summed E-state index contributed by atoms with van der Waals surface area (Å²) in [6.07, 6.45) is 3.13. The highest BCUT2D eigenvalue weighted by atomic mass is 19.3. The molecule has 1 aromatic heterocycles. The van der Waals surface area contributed by atoms with E-state index in [1.807, 2.05) is 12.1 Å². The minimum absolute atomic E-state index is 0.148. The second-order valence-electron chi connectivity index (χ2n) is 6.24. The third-order valence-electron chi connectivity index (χ3n) is 4.26. The molecule has 0 spiro atoms. The van der Waals surface area contributed by atoms with Crippen molar-refractivity contribution < 1.29 is 8.78 Å². The summed E-state index contributed by atoms with van der Waals surface area (Å²) in [7, 11) is 1.55. The summed E-state index contributed by atoms with van der Waals surface area (Å²) >= 11 is 0. The number of anilines is 1. The largest absolute Gasteiger partial charge is 0.354 e. The number of nitrogens with one attached hydrogen (secondary N) is 1. The van der Waals surface area contributed by atoms with Crippen LogP contribution in [0, 0.1) is 0 Å². The van der Waals surface area contributed by atoms with E-state index in [-0.39, 0.29) is 13.0 Å².